The minimum absolute atomic E-state index is 0.973. The van der Waals surface area contributed by atoms with Gasteiger partial charge in [0, 0.05) is 0 Å². The molecule has 1 heterocycles. The van der Waals surface area contributed by atoms with E-state index in [4.69, 9.17) is 19.0 Å². The molecule has 0 N–H and O–H groups in total. The molecular weight excluding hydrogens is 1050 g/mol. The molecule has 1 aliphatic heterocycles. The molecule has 0 aromatic heterocycles. The van der Waals surface area contributed by atoms with Gasteiger partial charge >= 0.3 is 389 Å². The van der Waals surface area contributed by atoms with E-state index in [1.807, 2.05) is 48.5 Å². The second-order valence-corrected chi connectivity index (χ2v) is 38.0. The van der Waals surface area contributed by atoms with Crippen LogP contribution in [0.4, 0.5) is 0 Å². The summed E-state index contributed by atoms with van der Waals surface area (Å²) in [6, 6.07) is 83.8. The normalized spacial score (nSPS) is 17.8. The van der Waals surface area contributed by atoms with E-state index >= 15 is 0 Å². The summed E-state index contributed by atoms with van der Waals surface area (Å²) < 4.78 is 48.5. The molecule has 0 unspecified atom stereocenters. The molecule has 308 valence electrons. The summed E-state index contributed by atoms with van der Waals surface area (Å²) in [7, 11) is -15.2. The maximum atomic E-state index is 8.30. The fourth-order valence-electron chi connectivity index (χ4n) is 8.06. The van der Waals surface area contributed by atoms with Crippen molar-refractivity contribution in [2.75, 3.05) is 0 Å². The van der Waals surface area contributed by atoms with Crippen molar-refractivity contribution in [3.8, 4) is 0 Å². The van der Waals surface area contributed by atoms with E-state index in [0.717, 1.165) is 41.5 Å². The van der Waals surface area contributed by atoms with Gasteiger partial charge in [0.1, 0.15) is 0 Å². The van der Waals surface area contributed by atoms with Crippen molar-refractivity contribution in [3.05, 3.63) is 243 Å². The molecular formula is C50H46O6Sb2Si4. The zero-order valence-corrected chi connectivity index (χ0v) is 43.5. The third-order valence-electron chi connectivity index (χ3n) is 10.8. The zero-order chi connectivity index (χ0) is 42.3. The Morgan fingerprint density at radius 1 is 0.226 bits per heavy atom. The summed E-state index contributed by atoms with van der Waals surface area (Å²) >= 11 is -7.01. The van der Waals surface area contributed by atoms with Gasteiger partial charge in [0.05, 0.1) is 0 Å². The summed E-state index contributed by atoms with van der Waals surface area (Å²) in [4.78, 5) is 4.35. The van der Waals surface area contributed by atoms with E-state index in [-0.39, 0.29) is 0 Å². The minimum atomic E-state index is -3.79. The van der Waals surface area contributed by atoms with Crippen LogP contribution in [0.3, 0.4) is 0 Å². The predicted molar refractivity (Wildman–Crippen MR) is 261 cm³/mol. The Balaban J connectivity index is 1.39. The first kappa shape index (κ1) is 43.3. The molecule has 1 fully saturated rings. The van der Waals surface area contributed by atoms with Gasteiger partial charge in [-0.15, -0.1) is 0 Å². The van der Waals surface area contributed by atoms with E-state index in [2.05, 4.69) is 204 Å². The van der Waals surface area contributed by atoms with Crippen molar-refractivity contribution in [2.45, 2.75) is 9.74 Å². The quantitative estimate of drug-likeness (QED) is 0.191. The van der Waals surface area contributed by atoms with Crippen molar-refractivity contribution < 1.29 is 19.0 Å². The Morgan fingerprint density at radius 2 is 0.355 bits per heavy atom. The molecule has 12 heteroatoms. The number of rotatable bonds is 8. The van der Waals surface area contributed by atoms with Crippen LogP contribution in [-0.2, 0) is 19.0 Å². The average molecular weight is 1100 g/mol. The first-order valence-corrected chi connectivity index (χ1v) is 37.1. The van der Waals surface area contributed by atoms with Crippen molar-refractivity contribution in [1.29, 1.82) is 0 Å². The number of benzene rings is 8. The van der Waals surface area contributed by atoms with Gasteiger partial charge in [0.25, 0.3) is 0 Å². The molecule has 0 spiro atoms. The van der Waals surface area contributed by atoms with Crippen LogP contribution in [0.2, 0.25) is 9.74 Å². The van der Waals surface area contributed by atoms with Crippen LogP contribution in [0, 0.1) is 0 Å². The van der Waals surface area contributed by atoms with Gasteiger partial charge in [-0.25, -0.2) is 0 Å². The molecule has 62 heavy (non-hydrogen) atoms. The molecule has 0 atom stereocenters. The van der Waals surface area contributed by atoms with E-state index in [1.54, 1.807) is 0 Å². The van der Waals surface area contributed by atoms with Crippen molar-refractivity contribution >= 4 is 118 Å². The topological polar surface area (TPSA) is 55.4 Å². The molecule has 1 saturated heterocycles. The molecule has 0 bridgehead atoms. The van der Waals surface area contributed by atoms with Gasteiger partial charge in [0.15, 0.2) is 0 Å². The Hall–Kier alpha value is -3.98. The standard InChI is InChI=1S/2C24H20O3Si2.2CH3.2Sb/c2*25-28(21-13-5-1-6-14-21,22-15-7-2-8-16-22)27-29(26,23-17-9-3-10-18-23)24-19-11-4-12-20-24;;;;/h2*1-20H;2*1H3;;/q2*-2;;;2*+2. The molecule has 8 aromatic rings. The monoisotopic (exact) mass is 1100 g/mol. The van der Waals surface area contributed by atoms with Crippen LogP contribution >= 0.6 is 0 Å². The second-order valence-electron chi connectivity index (χ2n) is 14.8. The Kier molecular flexibility index (Phi) is 13.6. The van der Waals surface area contributed by atoms with E-state index in [9.17, 15) is 0 Å². The Bertz CT molecular complexity index is 2100. The maximum absolute atomic E-state index is 8.30. The average Bonchev–Trinajstić information content (AvgIpc) is 3.35. The molecule has 1 aliphatic rings. The van der Waals surface area contributed by atoms with E-state index in [0.29, 0.717) is 0 Å². The molecule has 0 saturated carbocycles. The molecule has 9 rings (SSSR count). The zero-order valence-electron chi connectivity index (χ0n) is 34.4. The number of hydrogen-bond acceptors (Lipinski definition) is 6. The van der Waals surface area contributed by atoms with Crippen molar-refractivity contribution in [3.63, 3.8) is 0 Å². The fraction of sp³-hybridized carbons (Fsp3) is 0.0400. The van der Waals surface area contributed by atoms with Crippen LogP contribution in [-0.4, -0.2) is 76.3 Å². The first-order chi connectivity index (χ1) is 30.5. The molecule has 0 radical (unpaired) electrons. The predicted octanol–water partition coefficient (Wildman–Crippen LogP) is 5.36. The summed E-state index contributed by atoms with van der Waals surface area (Å²) in [6.07, 6.45) is 0. The van der Waals surface area contributed by atoms with Gasteiger partial charge in [-0.05, 0) is 0 Å². The summed E-state index contributed by atoms with van der Waals surface area (Å²) in [5.74, 6) is 0. The molecule has 0 aliphatic carbocycles. The second kappa shape index (κ2) is 19.4. The third-order valence-corrected chi connectivity index (χ3v) is 43.8. The van der Waals surface area contributed by atoms with Gasteiger partial charge in [-0.3, -0.25) is 0 Å². The Labute approximate surface area is 385 Å². The molecule has 8 aromatic carbocycles. The van der Waals surface area contributed by atoms with Crippen molar-refractivity contribution in [2.24, 2.45) is 0 Å². The van der Waals surface area contributed by atoms with Gasteiger partial charge < -0.3 is 0 Å². The summed E-state index contributed by atoms with van der Waals surface area (Å²) in [6.45, 7) is 0. The number of hydrogen-bond donors (Lipinski definition) is 0. The van der Waals surface area contributed by atoms with Crippen LogP contribution in [0.5, 0.6) is 0 Å². The molecule has 6 nitrogen and oxygen atoms in total. The van der Waals surface area contributed by atoms with Crippen LogP contribution < -0.4 is 41.5 Å². The van der Waals surface area contributed by atoms with Gasteiger partial charge in [-0.2, -0.15) is 0 Å². The van der Waals surface area contributed by atoms with Crippen LogP contribution in [0.15, 0.2) is 243 Å². The van der Waals surface area contributed by atoms with Gasteiger partial charge in [-0.1, -0.05) is 0 Å². The third kappa shape index (κ3) is 8.65. The van der Waals surface area contributed by atoms with Crippen LogP contribution in [0.1, 0.15) is 0 Å². The summed E-state index contributed by atoms with van der Waals surface area (Å²) in [5, 5.41) is 7.79. The SMILES string of the molecule is [CH3][Sb]1[O][Si](c2ccccc2)(c2ccccc2)O[Si](c2ccccc2)(c2ccccc2)[O][Sb]([CH3])[O][Si](c2ccccc2)(c2ccccc2)O[Si](c2ccccc2)(c2ccccc2)[O]1. The molecule has 0 amide bonds. The first-order valence-electron chi connectivity index (χ1n) is 20.5. The van der Waals surface area contributed by atoms with Gasteiger partial charge in [0.2, 0.25) is 0 Å². The summed E-state index contributed by atoms with van der Waals surface area (Å²) in [5.41, 5.74) is 0. The van der Waals surface area contributed by atoms with Crippen molar-refractivity contribution in [1.82, 2.24) is 0 Å². The van der Waals surface area contributed by atoms with E-state index in [1.165, 1.54) is 0 Å². The van der Waals surface area contributed by atoms with E-state index < -0.39 is 76.3 Å². The fourth-order valence-corrected chi connectivity index (χ4v) is 50.0. The van der Waals surface area contributed by atoms with Crippen LogP contribution in [0.25, 0.3) is 0 Å². The Morgan fingerprint density at radius 3 is 0.484 bits per heavy atom.